The Morgan fingerprint density at radius 3 is 2.33 bits per heavy atom. The molecule has 0 heterocycles. The van der Waals surface area contributed by atoms with E-state index in [1.807, 2.05) is 36.4 Å². The van der Waals surface area contributed by atoms with E-state index >= 15 is 0 Å². The van der Waals surface area contributed by atoms with Crippen LogP contribution >= 0.6 is 27.5 Å². The average molecular weight is 530 g/mol. The number of halogens is 2. The van der Waals surface area contributed by atoms with Gasteiger partial charge in [-0.3, -0.25) is 14.4 Å². The van der Waals surface area contributed by atoms with Crippen molar-refractivity contribution >= 4 is 51.0 Å². The molecular weight excluding hydrogens is 508 g/mol. The molecule has 0 unspecified atom stereocenters. The van der Waals surface area contributed by atoms with Gasteiger partial charge in [0.05, 0.1) is 23.7 Å². The Morgan fingerprint density at radius 2 is 1.70 bits per heavy atom. The minimum absolute atomic E-state index is 0.254. The Hall–Kier alpha value is -3.16. The Morgan fingerprint density at radius 1 is 1.03 bits per heavy atom. The molecule has 1 N–H and O–H groups in total. The van der Waals surface area contributed by atoms with Crippen LogP contribution < -0.4 is 5.32 Å². The SMILES string of the molecule is COC(=O)CN(C(C)=O)[C@@H](c1ccccc1)c1cc(Br)ccc1NC(=O)c1ccccc1Cl. The summed E-state index contributed by atoms with van der Waals surface area (Å²) in [5.74, 6) is -1.27. The zero-order chi connectivity index (χ0) is 24.0. The van der Waals surface area contributed by atoms with Gasteiger partial charge in [-0.25, -0.2) is 0 Å². The number of nitrogens with one attached hydrogen (secondary N) is 1. The highest BCUT2D eigenvalue weighted by Gasteiger charge is 2.29. The summed E-state index contributed by atoms with van der Waals surface area (Å²) in [5, 5.41) is 3.23. The Labute approximate surface area is 205 Å². The first-order valence-corrected chi connectivity index (χ1v) is 11.2. The molecule has 0 aromatic heterocycles. The number of anilines is 1. The highest BCUT2D eigenvalue weighted by molar-refractivity contribution is 9.10. The molecule has 3 rings (SSSR count). The summed E-state index contributed by atoms with van der Waals surface area (Å²) >= 11 is 9.68. The fourth-order valence-electron chi connectivity index (χ4n) is 3.46. The first-order chi connectivity index (χ1) is 15.8. The van der Waals surface area contributed by atoms with Crippen molar-refractivity contribution in [2.24, 2.45) is 0 Å². The van der Waals surface area contributed by atoms with Crippen LogP contribution in [-0.2, 0) is 14.3 Å². The Balaban J connectivity index is 2.13. The van der Waals surface area contributed by atoms with Crippen LogP contribution in [0.4, 0.5) is 5.69 Å². The lowest BCUT2D eigenvalue weighted by Crippen LogP contribution is -2.38. The molecule has 1 atom stereocenters. The van der Waals surface area contributed by atoms with E-state index in [9.17, 15) is 14.4 Å². The molecule has 0 spiro atoms. The van der Waals surface area contributed by atoms with Gasteiger partial charge in [-0.2, -0.15) is 0 Å². The number of methoxy groups -OCH3 is 1. The van der Waals surface area contributed by atoms with Crippen LogP contribution in [0.1, 0.15) is 34.5 Å². The standard InChI is InChI=1S/C25H22BrClN2O4/c1-16(30)29(15-23(31)33-2)24(17-8-4-3-5-9-17)20-14-18(26)12-13-22(20)28-25(32)19-10-6-7-11-21(19)27/h3-14,24H,15H2,1-2H3,(H,28,32)/t24-/m0/s1. The van der Waals surface area contributed by atoms with Gasteiger partial charge in [0.2, 0.25) is 5.91 Å². The molecule has 0 aliphatic carbocycles. The third kappa shape index (κ3) is 6.00. The lowest BCUT2D eigenvalue weighted by Gasteiger charge is -2.32. The van der Waals surface area contributed by atoms with E-state index in [1.54, 1.807) is 36.4 Å². The van der Waals surface area contributed by atoms with E-state index in [-0.39, 0.29) is 12.5 Å². The number of benzene rings is 3. The van der Waals surface area contributed by atoms with E-state index in [2.05, 4.69) is 21.2 Å². The minimum atomic E-state index is -0.665. The monoisotopic (exact) mass is 528 g/mol. The van der Waals surface area contributed by atoms with Gasteiger partial charge in [-0.05, 0) is 35.9 Å². The number of ether oxygens (including phenoxy) is 1. The van der Waals surface area contributed by atoms with Crippen LogP contribution in [0.5, 0.6) is 0 Å². The molecule has 3 aromatic carbocycles. The smallest absolute Gasteiger partial charge is 0.325 e. The summed E-state index contributed by atoms with van der Waals surface area (Å²) in [6.07, 6.45) is 0. The number of rotatable bonds is 7. The molecule has 33 heavy (non-hydrogen) atoms. The molecule has 0 saturated heterocycles. The third-order valence-corrected chi connectivity index (χ3v) is 5.86. The summed E-state index contributed by atoms with van der Waals surface area (Å²) in [5.41, 5.74) is 2.19. The van der Waals surface area contributed by atoms with E-state index in [1.165, 1.54) is 18.9 Å². The van der Waals surface area contributed by atoms with Gasteiger partial charge in [0.25, 0.3) is 5.91 Å². The number of carbonyl (C=O) groups is 3. The summed E-state index contributed by atoms with van der Waals surface area (Å²) in [7, 11) is 1.27. The number of carbonyl (C=O) groups excluding carboxylic acids is 3. The average Bonchev–Trinajstić information content (AvgIpc) is 2.81. The Bertz CT molecular complexity index is 1170. The molecule has 6 nitrogen and oxygen atoms in total. The quantitative estimate of drug-likeness (QED) is 0.412. The maximum absolute atomic E-state index is 13.0. The fraction of sp³-hybridized carbons (Fsp3) is 0.160. The number of nitrogens with zero attached hydrogens (tertiary/aromatic N) is 1. The van der Waals surface area contributed by atoms with Crippen molar-refractivity contribution in [1.82, 2.24) is 4.90 Å². The second-order valence-electron chi connectivity index (χ2n) is 7.20. The highest BCUT2D eigenvalue weighted by Crippen LogP contribution is 2.36. The van der Waals surface area contributed by atoms with E-state index in [0.29, 0.717) is 21.8 Å². The van der Waals surface area contributed by atoms with Crippen LogP contribution in [0, 0.1) is 0 Å². The number of hydrogen-bond donors (Lipinski definition) is 1. The van der Waals surface area contributed by atoms with Crippen molar-refractivity contribution < 1.29 is 19.1 Å². The van der Waals surface area contributed by atoms with Crippen LogP contribution in [-0.4, -0.2) is 36.3 Å². The maximum atomic E-state index is 13.0. The number of hydrogen-bond acceptors (Lipinski definition) is 4. The van der Waals surface area contributed by atoms with Gasteiger partial charge < -0.3 is 15.0 Å². The summed E-state index contributed by atoms with van der Waals surface area (Å²) in [4.78, 5) is 39.2. The van der Waals surface area contributed by atoms with Gasteiger partial charge in [0, 0.05) is 22.6 Å². The fourth-order valence-corrected chi connectivity index (χ4v) is 4.06. The van der Waals surface area contributed by atoms with Crippen LogP contribution in [0.25, 0.3) is 0 Å². The first kappa shape index (κ1) is 24.5. The highest BCUT2D eigenvalue weighted by atomic mass is 79.9. The topological polar surface area (TPSA) is 75.7 Å². The largest absolute Gasteiger partial charge is 0.468 e. The molecule has 0 saturated carbocycles. The summed E-state index contributed by atoms with van der Waals surface area (Å²) in [6, 6.07) is 20.7. The van der Waals surface area contributed by atoms with Crippen molar-refractivity contribution in [3.05, 3.63) is 99.0 Å². The second-order valence-corrected chi connectivity index (χ2v) is 8.52. The van der Waals surface area contributed by atoms with Gasteiger partial charge >= 0.3 is 5.97 Å². The lowest BCUT2D eigenvalue weighted by molar-refractivity contribution is -0.147. The van der Waals surface area contributed by atoms with Crippen molar-refractivity contribution in [3.63, 3.8) is 0 Å². The minimum Gasteiger partial charge on any atom is -0.468 e. The zero-order valence-electron chi connectivity index (χ0n) is 18.0. The number of amides is 2. The predicted octanol–water partition coefficient (Wildman–Crippen LogP) is 5.47. The van der Waals surface area contributed by atoms with Crippen LogP contribution in [0.2, 0.25) is 5.02 Å². The van der Waals surface area contributed by atoms with Crippen molar-refractivity contribution in [2.75, 3.05) is 19.0 Å². The van der Waals surface area contributed by atoms with E-state index < -0.39 is 17.9 Å². The normalized spacial score (nSPS) is 11.4. The summed E-state index contributed by atoms with van der Waals surface area (Å²) in [6.45, 7) is 1.13. The van der Waals surface area contributed by atoms with Gasteiger partial charge in [-0.15, -0.1) is 0 Å². The van der Waals surface area contributed by atoms with Gasteiger partial charge in [0.1, 0.15) is 6.54 Å². The predicted molar refractivity (Wildman–Crippen MR) is 131 cm³/mol. The second kappa shape index (κ2) is 11.1. The van der Waals surface area contributed by atoms with Crippen LogP contribution in [0.3, 0.4) is 0 Å². The number of esters is 1. The molecule has 0 bridgehead atoms. The molecule has 170 valence electrons. The van der Waals surface area contributed by atoms with Crippen molar-refractivity contribution in [3.8, 4) is 0 Å². The van der Waals surface area contributed by atoms with Crippen molar-refractivity contribution in [1.29, 1.82) is 0 Å². The molecule has 0 aliphatic rings. The molecule has 0 aliphatic heterocycles. The zero-order valence-corrected chi connectivity index (χ0v) is 20.4. The molecule has 2 amide bonds. The molecule has 0 fully saturated rings. The van der Waals surface area contributed by atoms with Gasteiger partial charge in [0.15, 0.2) is 0 Å². The molecular formula is C25H22BrClN2O4. The molecule has 8 heteroatoms. The molecule has 0 radical (unpaired) electrons. The van der Waals surface area contributed by atoms with Gasteiger partial charge in [-0.1, -0.05) is 70.0 Å². The summed E-state index contributed by atoms with van der Waals surface area (Å²) < 4.78 is 5.56. The van der Waals surface area contributed by atoms with Crippen LogP contribution in [0.15, 0.2) is 77.3 Å². The van der Waals surface area contributed by atoms with Crippen molar-refractivity contribution in [2.45, 2.75) is 13.0 Å². The Kier molecular flexibility index (Phi) is 8.25. The van der Waals surface area contributed by atoms with E-state index in [4.69, 9.17) is 16.3 Å². The first-order valence-electron chi connectivity index (χ1n) is 10.1. The maximum Gasteiger partial charge on any atom is 0.325 e. The van der Waals surface area contributed by atoms with E-state index in [0.717, 1.165) is 10.0 Å². The third-order valence-electron chi connectivity index (χ3n) is 5.03. The lowest BCUT2D eigenvalue weighted by atomic mass is 9.95. The molecule has 3 aromatic rings.